The molecule has 0 radical (unpaired) electrons. The number of morpholine rings is 1. The molecule has 1 aromatic heterocycles. The summed E-state index contributed by atoms with van der Waals surface area (Å²) in [6.45, 7) is 7.07. The molecule has 2 fully saturated rings. The number of rotatable bonds is 9. The molecule has 3 atom stereocenters. The number of carbonyl (C=O) groups is 1. The van der Waals surface area contributed by atoms with Crippen LogP contribution in [-0.4, -0.2) is 74.9 Å². The second-order valence-electron chi connectivity index (χ2n) is 9.29. The number of ketones is 1. The van der Waals surface area contributed by atoms with Crippen LogP contribution in [0.3, 0.4) is 0 Å². The van der Waals surface area contributed by atoms with Gasteiger partial charge in [-0.05, 0) is 64.0 Å². The lowest BCUT2D eigenvalue weighted by atomic mass is 10.1. The van der Waals surface area contributed by atoms with Gasteiger partial charge in [-0.15, -0.1) is 0 Å². The lowest BCUT2D eigenvalue weighted by Crippen LogP contribution is -2.48. The van der Waals surface area contributed by atoms with Crippen molar-refractivity contribution in [2.24, 2.45) is 0 Å². The average molecular weight is 490 g/mol. The van der Waals surface area contributed by atoms with E-state index in [1.807, 2.05) is 26.0 Å². The van der Waals surface area contributed by atoms with Gasteiger partial charge in [-0.1, -0.05) is 18.6 Å². The van der Waals surface area contributed by atoms with Gasteiger partial charge in [-0.2, -0.15) is 4.31 Å². The molecule has 3 heterocycles. The van der Waals surface area contributed by atoms with Gasteiger partial charge in [0.1, 0.15) is 5.76 Å². The number of piperidine rings is 1. The number of nitrogens with zero attached hydrogens (tertiary/aromatic N) is 2. The molecule has 1 N–H and O–H groups in total. The van der Waals surface area contributed by atoms with Gasteiger partial charge >= 0.3 is 0 Å². The van der Waals surface area contributed by atoms with Gasteiger partial charge in [-0.25, -0.2) is 8.42 Å². The number of hydrogen-bond donors (Lipinski definition) is 1. The van der Waals surface area contributed by atoms with Crippen LogP contribution in [0, 0.1) is 0 Å². The number of Topliss-reactive ketones (excluding diaryl/α,β-unsaturated/α-hetero) is 1. The highest BCUT2D eigenvalue weighted by Gasteiger charge is 2.32. The summed E-state index contributed by atoms with van der Waals surface area (Å²) in [5.74, 6) is 0.751. The number of carbonyl (C=O) groups excluding carboxylic acids is 1. The smallest absolute Gasteiger partial charge is 0.243 e. The summed E-state index contributed by atoms with van der Waals surface area (Å²) < 4.78 is 39.2. The standard InChI is InChI=1S/C25H35N3O5S/c1-19-17-28(18-20(2)33-19)34(30,31)22-9-6-8-21(14-22)24(29)16-26-15-23(25-10-7-13-32-25)27-11-4-3-5-12-27/h6-10,13-14,19-20,23,26H,3-5,11-12,15-18H2,1-2H3. The summed E-state index contributed by atoms with van der Waals surface area (Å²) in [5.41, 5.74) is 0.385. The molecule has 4 rings (SSSR count). The molecule has 2 aromatic rings. The van der Waals surface area contributed by atoms with E-state index in [1.54, 1.807) is 24.5 Å². The molecule has 2 aliphatic heterocycles. The molecule has 9 heteroatoms. The molecule has 0 aliphatic carbocycles. The summed E-state index contributed by atoms with van der Waals surface area (Å²) in [6, 6.07) is 10.3. The van der Waals surface area contributed by atoms with Crippen LogP contribution in [0.25, 0.3) is 0 Å². The first kappa shape index (κ1) is 25.1. The summed E-state index contributed by atoms with van der Waals surface area (Å²) in [6.07, 6.45) is 4.91. The third kappa shape index (κ3) is 5.95. The SMILES string of the molecule is CC1CN(S(=O)(=O)c2cccc(C(=O)CNCC(c3ccco3)N3CCCCC3)c2)CC(C)O1. The van der Waals surface area contributed by atoms with Gasteiger partial charge < -0.3 is 14.5 Å². The van der Waals surface area contributed by atoms with Crippen LogP contribution in [0.5, 0.6) is 0 Å². The van der Waals surface area contributed by atoms with E-state index in [9.17, 15) is 13.2 Å². The molecule has 8 nitrogen and oxygen atoms in total. The van der Waals surface area contributed by atoms with Crippen molar-refractivity contribution in [3.63, 3.8) is 0 Å². The van der Waals surface area contributed by atoms with E-state index in [-0.39, 0.29) is 35.5 Å². The van der Waals surface area contributed by atoms with Gasteiger partial charge in [0.2, 0.25) is 10.0 Å². The van der Waals surface area contributed by atoms with E-state index >= 15 is 0 Å². The summed E-state index contributed by atoms with van der Waals surface area (Å²) >= 11 is 0. The van der Waals surface area contributed by atoms with Gasteiger partial charge in [0.25, 0.3) is 0 Å². The number of likely N-dealkylation sites (tertiary alicyclic amines) is 1. The first-order valence-corrected chi connectivity index (χ1v) is 13.6. The van der Waals surface area contributed by atoms with Gasteiger partial charge in [0, 0.05) is 25.2 Å². The van der Waals surface area contributed by atoms with Crippen molar-refractivity contribution in [3.05, 3.63) is 54.0 Å². The molecule has 34 heavy (non-hydrogen) atoms. The van der Waals surface area contributed by atoms with Crippen molar-refractivity contribution in [1.82, 2.24) is 14.5 Å². The maximum Gasteiger partial charge on any atom is 0.243 e. The quantitative estimate of drug-likeness (QED) is 0.541. The van der Waals surface area contributed by atoms with Crippen LogP contribution < -0.4 is 5.32 Å². The van der Waals surface area contributed by atoms with Crippen LogP contribution >= 0.6 is 0 Å². The highest BCUT2D eigenvalue weighted by Crippen LogP contribution is 2.25. The zero-order valence-corrected chi connectivity index (χ0v) is 20.8. The largest absolute Gasteiger partial charge is 0.468 e. The molecule has 0 saturated carbocycles. The Kier molecular flexibility index (Phi) is 8.21. The number of furan rings is 1. The van der Waals surface area contributed by atoms with Crippen LogP contribution in [0.15, 0.2) is 52.0 Å². The molecule has 0 bridgehead atoms. The van der Waals surface area contributed by atoms with E-state index in [0.29, 0.717) is 25.2 Å². The predicted octanol–water partition coefficient (Wildman–Crippen LogP) is 3.08. The van der Waals surface area contributed by atoms with E-state index < -0.39 is 10.0 Å². The molecule has 0 spiro atoms. The van der Waals surface area contributed by atoms with Crippen molar-refractivity contribution in [2.45, 2.75) is 56.3 Å². The van der Waals surface area contributed by atoms with Crippen LogP contribution in [0.2, 0.25) is 0 Å². The topological polar surface area (TPSA) is 92.1 Å². The lowest BCUT2D eigenvalue weighted by molar-refractivity contribution is -0.0440. The molecule has 0 amide bonds. The van der Waals surface area contributed by atoms with Crippen LogP contribution in [-0.2, 0) is 14.8 Å². The summed E-state index contributed by atoms with van der Waals surface area (Å²) in [5, 5.41) is 3.27. The average Bonchev–Trinajstić information content (AvgIpc) is 3.36. The zero-order chi connectivity index (χ0) is 24.1. The van der Waals surface area contributed by atoms with Crippen molar-refractivity contribution in [1.29, 1.82) is 0 Å². The van der Waals surface area contributed by atoms with Gasteiger partial charge in [0.05, 0.1) is 36.0 Å². The predicted molar refractivity (Wildman–Crippen MR) is 129 cm³/mol. The lowest BCUT2D eigenvalue weighted by Gasteiger charge is -2.34. The number of sulfonamides is 1. The van der Waals surface area contributed by atoms with E-state index in [1.165, 1.54) is 16.8 Å². The molecule has 2 saturated heterocycles. The van der Waals surface area contributed by atoms with E-state index in [4.69, 9.17) is 9.15 Å². The normalized spacial score (nSPS) is 23.6. The third-order valence-electron chi connectivity index (χ3n) is 6.51. The van der Waals surface area contributed by atoms with Crippen molar-refractivity contribution in [3.8, 4) is 0 Å². The van der Waals surface area contributed by atoms with E-state index in [0.717, 1.165) is 31.7 Å². The number of ether oxygens (including phenoxy) is 1. The fourth-order valence-electron chi connectivity index (χ4n) is 4.85. The van der Waals surface area contributed by atoms with Gasteiger partial charge in [0.15, 0.2) is 5.78 Å². The summed E-state index contributed by atoms with van der Waals surface area (Å²) in [4.78, 5) is 15.5. The highest BCUT2D eigenvalue weighted by atomic mass is 32.2. The second-order valence-corrected chi connectivity index (χ2v) is 11.2. The van der Waals surface area contributed by atoms with Crippen molar-refractivity contribution < 1.29 is 22.4 Å². The number of benzene rings is 1. The van der Waals surface area contributed by atoms with Crippen LogP contribution in [0.4, 0.5) is 0 Å². The van der Waals surface area contributed by atoms with E-state index in [2.05, 4.69) is 10.2 Å². The Morgan fingerprint density at radius 1 is 1.09 bits per heavy atom. The van der Waals surface area contributed by atoms with Crippen molar-refractivity contribution >= 4 is 15.8 Å². The molecular weight excluding hydrogens is 454 g/mol. The first-order valence-electron chi connectivity index (χ1n) is 12.1. The second kappa shape index (κ2) is 11.1. The highest BCUT2D eigenvalue weighted by molar-refractivity contribution is 7.89. The Labute approximate surface area is 202 Å². The fourth-order valence-corrected chi connectivity index (χ4v) is 6.49. The molecule has 186 valence electrons. The Balaban J connectivity index is 1.40. The van der Waals surface area contributed by atoms with Crippen LogP contribution in [0.1, 0.15) is 55.3 Å². The Bertz CT molecular complexity index is 1040. The fraction of sp³-hybridized carbons (Fsp3) is 0.560. The first-order chi connectivity index (χ1) is 16.3. The Morgan fingerprint density at radius 2 is 1.82 bits per heavy atom. The zero-order valence-electron chi connectivity index (χ0n) is 20.0. The Morgan fingerprint density at radius 3 is 2.50 bits per heavy atom. The molecule has 2 aliphatic rings. The minimum atomic E-state index is -3.70. The Hall–Kier alpha value is -2.04. The maximum absolute atomic E-state index is 13.2. The molecule has 3 unspecified atom stereocenters. The number of nitrogens with one attached hydrogen (secondary N) is 1. The van der Waals surface area contributed by atoms with Gasteiger partial charge in [-0.3, -0.25) is 9.69 Å². The third-order valence-corrected chi connectivity index (χ3v) is 8.33. The van der Waals surface area contributed by atoms with Crippen molar-refractivity contribution in [2.75, 3.05) is 39.3 Å². The maximum atomic E-state index is 13.2. The molecule has 1 aromatic carbocycles. The minimum absolute atomic E-state index is 0.0695. The minimum Gasteiger partial charge on any atom is -0.468 e. The summed E-state index contributed by atoms with van der Waals surface area (Å²) in [7, 11) is -3.70. The number of hydrogen-bond acceptors (Lipinski definition) is 7. The monoisotopic (exact) mass is 489 g/mol. The molecular formula is C25H35N3O5S.